The summed E-state index contributed by atoms with van der Waals surface area (Å²) in [6.07, 6.45) is 0.109. The number of nitrogens with two attached hydrogens (primary N) is 1. The van der Waals surface area contributed by atoms with E-state index in [1.807, 2.05) is 0 Å². The van der Waals surface area contributed by atoms with Gasteiger partial charge in [0.1, 0.15) is 0 Å². The van der Waals surface area contributed by atoms with Gasteiger partial charge in [0, 0.05) is 25.6 Å². The first kappa shape index (κ1) is 14.0. The summed E-state index contributed by atoms with van der Waals surface area (Å²) in [4.78, 5) is 27.1. The third-order valence-corrected chi connectivity index (χ3v) is 3.04. The molecule has 7 heteroatoms. The van der Waals surface area contributed by atoms with E-state index in [0.29, 0.717) is 11.4 Å². The number of hydrogen-bond donors (Lipinski definition) is 3. The van der Waals surface area contributed by atoms with Crippen molar-refractivity contribution in [3.63, 3.8) is 0 Å². The molecule has 1 aliphatic rings. The molecule has 1 heterocycles. The summed E-state index contributed by atoms with van der Waals surface area (Å²) < 4.78 is 0. The number of nitrogens with one attached hydrogen (secondary N) is 1. The average Bonchev–Trinajstić information content (AvgIpc) is 2.85. The van der Waals surface area contributed by atoms with Crippen LogP contribution in [0.4, 0.5) is 5.69 Å². The maximum atomic E-state index is 11.2. The monoisotopic (exact) mass is 277 g/mol. The Hall–Kier alpha value is -2.41. The normalized spacial score (nSPS) is 21.0. The summed E-state index contributed by atoms with van der Waals surface area (Å²) in [6, 6.07) is 6.90. The van der Waals surface area contributed by atoms with Gasteiger partial charge in [-0.1, -0.05) is 17.3 Å². The number of amides is 1. The molecule has 1 unspecified atom stereocenters. The van der Waals surface area contributed by atoms with Crippen LogP contribution in [0.1, 0.15) is 18.9 Å². The zero-order chi connectivity index (χ0) is 14.8. The van der Waals surface area contributed by atoms with Gasteiger partial charge >= 0.3 is 5.97 Å². The molecule has 1 aromatic rings. The Morgan fingerprint density at radius 1 is 1.45 bits per heavy atom. The molecule has 0 aromatic heterocycles. The Kier molecular flexibility index (Phi) is 3.71. The van der Waals surface area contributed by atoms with Gasteiger partial charge in [0.05, 0.1) is 5.71 Å². The number of carboxylic acids is 1. The van der Waals surface area contributed by atoms with E-state index in [4.69, 9.17) is 15.7 Å². The Labute approximate surface area is 115 Å². The fraction of sp³-hybridized carbons (Fsp3) is 0.308. The van der Waals surface area contributed by atoms with Crippen LogP contribution in [0, 0.1) is 0 Å². The van der Waals surface area contributed by atoms with Gasteiger partial charge in [0.25, 0.3) is 5.60 Å². The minimum atomic E-state index is -1.48. The summed E-state index contributed by atoms with van der Waals surface area (Å²) in [7, 11) is 0. The minimum absolute atomic E-state index is 0.109. The number of benzene rings is 1. The van der Waals surface area contributed by atoms with Gasteiger partial charge < -0.3 is 21.0 Å². The van der Waals surface area contributed by atoms with E-state index in [2.05, 4.69) is 10.5 Å². The van der Waals surface area contributed by atoms with E-state index in [1.54, 1.807) is 24.3 Å². The van der Waals surface area contributed by atoms with Crippen LogP contribution in [-0.2, 0) is 14.4 Å². The number of oxime groups is 1. The molecule has 106 valence electrons. The fourth-order valence-corrected chi connectivity index (χ4v) is 1.89. The van der Waals surface area contributed by atoms with Gasteiger partial charge in [-0.15, -0.1) is 0 Å². The van der Waals surface area contributed by atoms with E-state index < -0.39 is 11.6 Å². The highest BCUT2D eigenvalue weighted by molar-refractivity contribution is 6.05. The van der Waals surface area contributed by atoms with E-state index >= 15 is 0 Å². The van der Waals surface area contributed by atoms with Crippen molar-refractivity contribution in [3.8, 4) is 0 Å². The lowest BCUT2D eigenvalue weighted by Crippen LogP contribution is -2.45. The quantitative estimate of drug-likeness (QED) is 0.743. The molecular formula is C13H15N3O4. The number of carbonyl (C=O) groups is 2. The predicted molar refractivity (Wildman–Crippen MR) is 72.4 cm³/mol. The topological polar surface area (TPSA) is 114 Å². The third kappa shape index (κ3) is 2.62. The van der Waals surface area contributed by atoms with Crippen LogP contribution in [-0.4, -0.2) is 34.8 Å². The van der Waals surface area contributed by atoms with E-state index in [1.165, 1.54) is 6.92 Å². The number of anilines is 1. The highest BCUT2D eigenvalue weighted by Gasteiger charge is 2.46. The van der Waals surface area contributed by atoms with E-state index in [0.717, 1.165) is 5.56 Å². The van der Waals surface area contributed by atoms with Gasteiger partial charge in [0.2, 0.25) is 5.91 Å². The molecule has 0 bridgehead atoms. The van der Waals surface area contributed by atoms with Crippen LogP contribution < -0.4 is 11.1 Å². The smallest absolute Gasteiger partial charge is 0.352 e. The summed E-state index contributed by atoms with van der Waals surface area (Å²) >= 11 is 0. The SMILES string of the molecule is CC(=O)Nc1ccc(C2=NOC(CN)(C(=O)O)C2)cc1. The summed E-state index contributed by atoms with van der Waals surface area (Å²) in [5, 5.41) is 15.6. The van der Waals surface area contributed by atoms with Crippen molar-refractivity contribution in [2.24, 2.45) is 10.9 Å². The highest BCUT2D eigenvalue weighted by atomic mass is 16.7. The van der Waals surface area contributed by atoms with Crippen molar-refractivity contribution in [1.82, 2.24) is 0 Å². The number of carbonyl (C=O) groups excluding carboxylic acids is 1. The average molecular weight is 277 g/mol. The second-order valence-corrected chi connectivity index (χ2v) is 4.57. The first-order chi connectivity index (χ1) is 9.47. The predicted octanol–water partition coefficient (Wildman–Crippen LogP) is 0.551. The molecule has 0 fully saturated rings. The van der Waals surface area contributed by atoms with Crippen molar-refractivity contribution in [1.29, 1.82) is 0 Å². The highest BCUT2D eigenvalue weighted by Crippen LogP contribution is 2.27. The van der Waals surface area contributed by atoms with Gasteiger partial charge in [-0.2, -0.15) is 0 Å². The molecule has 0 radical (unpaired) electrons. The van der Waals surface area contributed by atoms with Crippen LogP contribution >= 0.6 is 0 Å². The molecule has 1 amide bonds. The molecule has 0 aliphatic carbocycles. The molecule has 7 nitrogen and oxygen atoms in total. The van der Waals surface area contributed by atoms with Crippen molar-refractivity contribution >= 4 is 23.3 Å². The Bertz CT molecular complexity index is 567. The van der Waals surface area contributed by atoms with Crippen LogP contribution in [0.15, 0.2) is 29.4 Å². The number of carboxylic acid groups (broad SMARTS) is 1. The van der Waals surface area contributed by atoms with Gasteiger partial charge in [-0.3, -0.25) is 4.79 Å². The van der Waals surface area contributed by atoms with Gasteiger partial charge in [-0.25, -0.2) is 4.79 Å². The first-order valence-corrected chi connectivity index (χ1v) is 6.03. The fourth-order valence-electron chi connectivity index (χ4n) is 1.89. The molecule has 1 aliphatic heterocycles. The number of aliphatic carboxylic acids is 1. The molecule has 20 heavy (non-hydrogen) atoms. The van der Waals surface area contributed by atoms with Crippen LogP contribution in [0.5, 0.6) is 0 Å². The van der Waals surface area contributed by atoms with Crippen LogP contribution in [0.2, 0.25) is 0 Å². The lowest BCUT2D eigenvalue weighted by Gasteiger charge is -2.18. The zero-order valence-electron chi connectivity index (χ0n) is 10.9. The standard InChI is InChI=1S/C13H15N3O4/c1-8(17)15-10-4-2-9(3-5-10)11-6-13(7-14,12(18)19)20-16-11/h2-5H,6-7,14H2,1H3,(H,15,17)(H,18,19). The van der Waals surface area contributed by atoms with Gasteiger partial charge in [0.15, 0.2) is 0 Å². The van der Waals surface area contributed by atoms with Crippen molar-refractivity contribution in [3.05, 3.63) is 29.8 Å². The molecule has 0 saturated carbocycles. The second-order valence-electron chi connectivity index (χ2n) is 4.57. The minimum Gasteiger partial charge on any atom is -0.478 e. The molecule has 4 N–H and O–H groups in total. The van der Waals surface area contributed by atoms with Crippen LogP contribution in [0.3, 0.4) is 0 Å². The zero-order valence-corrected chi connectivity index (χ0v) is 10.9. The van der Waals surface area contributed by atoms with E-state index in [9.17, 15) is 9.59 Å². The van der Waals surface area contributed by atoms with E-state index in [-0.39, 0.29) is 18.9 Å². The Morgan fingerprint density at radius 3 is 2.55 bits per heavy atom. The van der Waals surface area contributed by atoms with Crippen molar-refractivity contribution in [2.75, 3.05) is 11.9 Å². The Balaban J connectivity index is 2.14. The number of rotatable bonds is 4. The maximum Gasteiger partial charge on any atom is 0.352 e. The summed E-state index contributed by atoms with van der Waals surface area (Å²) in [6.45, 7) is 1.27. The lowest BCUT2D eigenvalue weighted by molar-refractivity contribution is -0.161. The molecule has 1 atom stereocenters. The molecular weight excluding hydrogens is 262 g/mol. The molecule has 0 saturated heterocycles. The number of nitrogens with zero attached hydrogens (tertiary/aromatic N) is 1. The Morgan fingerprint density at radius 2 is 2.10 bits per heavy atom. The summed E-state index contributed by atoms with van der Waals surface area (Å²) in [5.74, 6) is -1.29. The summed E-state index contributed by atoms with van der Waals surface area (Å²) in [5.41, 5.74) is 5.89. The van der Waals surface area contributed by atoms with Gasteiger partial charge in [-0.05, 0) is 17.7 Å². The maximum absolute atomic E-state index is 11.2. The molecule has 2 rings (SSSR count). The largest absolute Gasteiger partial charge is 0.478 e. The van der Waals surface area contributed by atoms with Crippen molar-refractivity contribution in [2.45, 2.75) is 18.9 Å². The molecule has 0 spiro atoms. The number of hydrogen-bond acceptors (Lipinski definition) is 5. The second kappa shape index (κ2) is 5.30. The third-order valence-electron chi connectivity index (χ3n) is 3.04. The first-order valence-electron chi connectivity index (χ1n) is 6.03. The van der Waals surface area contributed by atoms with Crippen molar-refractivity contribution < 1.29 is 19.5 Å². The van der Waals surface area contributed by atoms with Crippen LogP contribution in [0.25, 0.3) is 0 Å². The molecule has 1 aromatic carbocycles. The lowest BCUT2D eigenvalue weighted by atomic mass is 9.94.